The fraction of sp³-hybridized carbons (Fsp3) is 0.857. The van der Waals surface area contributed by atoms with Crippen LogP contribution in [0, 0.1) is 0 Å². The smallest absolute Gasteiger partial charge is 0.242 e. The molecule has 0 unspecified atom stereocenters. The zero-order chi connectivity index (χ0) is 14.5. The lowest BCUT2D eigenvalue weighted by Crippen LogP contribution is -2.52. The van der Waals surface area contributed by atoms with Gasteiger partial charge in [-0.05, 0) is 33.1 Å². The molecular weight excluding hydrogens is 258 g/mol. The molecular formula is C14H25N3O3. The van der Waals surface area contributed by atoms with Gasteiger partial charge in [0.2, 0.25) is 11.8 Å². The minimum Gasteiger partial charge on any atom is -0.373 e. The van der Waals surface area contributed by atoms with E-state index in [2.05, 4.69) is 15.5 Å². The number of amides is 2. The van der Waals surface area contributed by atoms with Crippen LogP contribution in [-0.2, 0) is 14.3 Å². The van der Waals surface area contributed by atoms with E-state index in [0.29, 0.717) is 13.1 Å². The number of nitrogens with one attached hydrogen (secondary N) is 2. The van der Waals surface area contributed by atoms with Crippen molar-refractivity contribution in [3.05, 3.63) is 0 Å². The normalized spacial score (nSPS) is 32.3. The molecule has 0 bridgehead atoms. The Morgan fingerprint density at radius 3 is 2.75 bits per heavy atom. The average molecular weight is 283 g/mol. The van der Waals surface area contributed by atoms with Gasteiger partial charge in [0.1, 0.15) is 6.04 Å². The van der Waals surface area contributed by atoms with Gasteiger partial charge in [0.25, 0.3) is 0 Å². The van der Waals surface area contributed by atoms with Crippen LogP contribution < -0.4 is 10.6 Å². The molecule has 6 heteroatoms. The van der Waals surface area contributed by atoms with Crippen molar-refractivity contribution in [1.29, 1.82) is 0 Å². The highest BCUT2D eigenvalue weighted by Crippen LogP contribution is 2.10. The Morgan fingerprint density at radius 1 is 1.35 bits per heavy atom. The lowest BCUT2D eigenvalue weighted by atomic mass is 10.1. The molecule has 2 aliphatic rings. The van der Waals surface area contributed by atoms with E-state index in [1.165, 1.54) is 0 Å². The zero-order valence-corrected chi connectivity index (χ0v) is 12.4. The van der Waals surface area contributed by atoms with Crippen LogP contribution in [0.1, 0.15) is 33.1 Å². The van der Waals surface area contributed by atoms with Gasteiger partial charge in [-0.1, -0.05) is 0 Å². The molecule has 20 heavy (non-hydrogen) atoms. The molecule has 114 valence electrons. The molecule has 2 heterocycles. The van der Waals surface area contributed by atoms with Crippen LogP contribution in [0.2, 0.25) is 0 Å². The number of carbonyl (C=O) groups is 2. The number of hydrogen-bond acceptors (Lipinski definition) is 4. The van der Waals surface area contributed by atoms with E-state index in [1.54, 1.807) is 0 Å². The van der Waals surface area contributed by atoms with Gasteiger partial charge in [0, 0.05) is 19.6 Å². The van der Waals surface area contributed by atoms with Crippen molar-refractivity contribution >= 4 is 11.8 Å². The van der Waals surface area contributed by atoms with Crippen LogP contribution in [0.15, 0.2) is 0 Å². The highest BCUT2D eigenvalue weighted by molar-refractivity contribution is 5.88. The van der Waals surface area contributed by atoms with Gasteiger partial charge in [-0.25, -0.2) is 0 Å². The summed E-state index contributed by atoms with van der Waals surface area (Å²) < 4.78 is 5.64. The maximum absolute atomic E-state index is 12.1. The molecule has 0 aromatic heterocycles. The molecule has 0 aromatic rings. The summed E-state index contributed by atoms with van der Waals surface area (Å²) in [5.41, 5.74) is 0. The van der Waals surface area contributed by atoms with Crippen molar-refractivity contribution in [3.8, 4) is 0 Å². The van der Waals surface area contributed by atoms with Crippen molar-refractivity contribution in [2.45, 2.75) is 51.4 Å². The fourth-order valence-corrected chi connectivity index (χ4v) is 2.93. The van der Waals surface area contributed by atoms with E-state index < -0.39 is 0 Å². The highest BCUT2D eigenvalue weighted by Gasteiger charge is 2.26. The van der Waals surface area contributed by atoms with Crippen molar-refractivity contribution in [3.63, 3.8) is 0 Å². The minimum atomic E-state index is -0.374. The first-order valence-electron chi connectivity index (χ1n) is 7.49. The van der Waals surface area contributed by atoms with Gasteiger partial charge in [0.05, 0.1) is 18.8 Å². The first-order chi connectivity index (χ1) is 9.54. The summed E-state index contributed by atoms with van der Waals surface area (Å²) in [5, 5.41) is 5.68. The number of ether oxygens (including phenoxy) is 1. The van der Waals surface area contributed by atoms with Crippen LogP contribution >= 0.6 is 0 Å². The molecule has 0 saturated carbocycles. The van der Waals surface area contributed by atoms with Crippen molar-refractivity contribution in [1.82, 2.24) is 15.5 Å². The van der Waals surface area contributed by atoms with Crippen LogP contribution in [0.25, 0.3) is 0 Å². The average Bonchev–Trinajstić information content (AvgIpc) is 2.53. The third-order valence-electron chi connectivity index (χ3n) is 3.73. The topological polar surface area (TPSA) is 70.7 Å². The summed E-state index contributed by atoms with van der Waals surface area (Å²) in [7, 11) is 0. The van der Waals surface area contributed by atoms with E-state index in [1.807, 2.05) is 13.8 Å². The van der Waals surface area contributed by atoms with Crippen LogP contribution in [-0.4, -0.2) is 61.1 Å². The first kappa shape index (κ1) is 15.3. The number of hydrogen-bond donors (Lipinski definition) is 2. The summed E-state index contributed by atoms with van der Waals surface area (Å²) in [6.45, 7) is 6.59. The van der Waals surface area contributed by atoms with E-state index in [0.717, 1.165) is 32.4 Å². The molecule has 2 saturated heterocycles. The van der Waals surface area contributed by atoms with Crippen LogP contribution in [0.4, 0.5) is 0 Å². The van der Waals surface area contributed by atoms with Gasteiger partial charge in [-0.2, -0.15) is 0 Å². The Hall–Kier alpha value is -1.14. The Kier molecular flexibility index (Phi) is 5.37. The fourth-order valence-electron chi connectivity index (χ4n) is 2.93. The third kappa shape index (κ3) is 4.45. The summed E-state index contributed by atoms with van der Waals surface area (Å²) in [6.07, 6.45) is 2.97. The maximum atomic E-state index is 12.1. The summed E-state index contributed by atoms with van der Waals surface area (Å²) in [5.74, 6) is -0.132. The number of morpholine rings is 1. The molecule has 6 nitrogen and oxygen atoms in total. The summed E-state index contributed by atoms with van der Waals surface area (Å²) in [4.78, 5) is 25.9. The van der Waals surface area contributed by atoms with Gasteiger partial charge in [-0.15, -0.1) is 0 Å². The van der Waals surface area contributed by atoms with Crippen LogP contribution in [0.5, 0.6) is 0 Å². The van der Waals surface area contributed by atoms with E-state index in [9.17, 15) is 9.59 Å². The van der Waals surface area contributed by atoms with Gasteiger partial charge >= 0.3 is 0 Å². The molecule has 2 N–H and O–H groups in total. The molecule has 0 aliphatic carbocycles. The third-order valence-corrected chi connectivity index (χ3v) is 3.73. The Labute approximate surface area is 120 Å². The van der Waals surface area contributed by atoms with E-state index in [-0.39, 0.29) is 30.1 Å². The highest BCUT2D eigenvalue weighted by atomic mass is 16.5. The SMILES string of the molecule is C[C@@H]1CN(CC(=O)N[C@@H]2CCCCNC2=O)C[C@@H](C)O1. The molecule has 2 rings (SSSR count). The molecule has 0 aromatic carbocycles. The van der Waals surface area contributed by atoms with Crippen LogP contribution in [0.3, 0.4) is 0 Å². The standard InChI is InChI=1S/C14H25N3O3/c1-10-7-17(8-11(2)20-10)9-13(18)16-12-5-3-4-6-15-14(12)19/h10-12H,3-9H2,1-2H3,(H,15,19)(H,16,18)/t10-,11-,12-/m1/s1. The summed E-state index contributed by atoms with van der Waals surface area (Å²) in [6, 6.07) is -0.374. The van der Waals surface area contributed by atoms with Crippen molar-refractivity contribution in [2.75, 3.05) is 26.2 Å². The molecule has 0 radical (unpaired) electrons. The monoisotopic (exact) mass is 283 g/mol. The van der Waals surface area contributed by atoms with Gasteiger partial charge in [0.15, 0.2) is 0 Å². The summed E-state index contributed by atoms with van der Waals surface area (Å²) >= 11 is 0. The zero-order valence-electron chi connectivity index (χ0n) is 12.4. The number of carbonyl (C=O) groups excluding carboxylic acids is 2. The quantitative estimate of drug-likeness (QED) is 0.757. The second kappa shape index (κ2) is 7.04. The first-order valence-corrected chi connectivity index (χ1v) is 7.49. The van der Waals surface area contributed by atoms with E-state index >= 15 is 0 Å². The van der Waals surface area contributed by atoms with Crippen molar-refractivity contribution < 1.29 is 14.3 Å². The molecule has 0 spiro atoms. The predicted octanol–water partition coefficient (Wildman–Crippen LogP) is -0.119. The largest absolute Gasteiger partial charge is 0.373 e. The molecule has 3 atom stereocenters. The number of rotatable bonds is 3. The second-order valence-electron chi connectivity index (χ2n) is 5.86. The second-order valence-corrected chi connectivity index (χ2v) is 5.86. The predicted molar refractivity (Wildman–Crippen MR) is 75.2 cm³/mol. The Bertz CT molecular complexity index is 352. The molecule has 2 amide bonds. The molecule has 2 fully saturated rings. The van der Waals surface area contributed by atoms with Gasteiger partial charge < -0.3 is 15.4 Å². The van der Waals surface area contributed by atoms with Crippen molar-refractivity contribution in [2.24, 2.45) is 0 Å². The lowest BCUT2D eigenvalue weighted by molar-refractivity contribution is -0.131. The minimum absolute atomic E-state index is 0.0560. The Balaban J connectivity index is 1.80. The van der Waals surface area contributed by atoms with Gasteiger partial charge in [-0.3, -0.25) is 14.5 Å². The number of nitrogens with zero attached hydrogens (tertiary/aromatic N) is 1. The Morgan fingerprint density at radius 2 is 2.05 bits per heavy atom. The lowest BCUT2D eigenvalue weighted by Gasteiger charge is -2.35. The van der Waals surface area contributed by atoms with E-state index in [4.69, 9.17) is 4.74 Å². The maximum Gasteiger partial charge on any atom is 0.242 e. The molecule has 2 aliphatic heterocycles.